The van der Waals surface area contributed by atoms with E-state index in [2.05, 4.69) is 12.2 Å². The van der Waals surface area contributed by atoms with Crippen molar-refractivity contribution in [3.8, 4) is 0 Å². The smallest absolute Gasteiger partial charge is 0.263 e. The van der Waals surface area contributed by atoms with Crippen molar-refractivity contribution < 1.29 is 4.79 Å². The SMILES string of the molecule is CC1(CNC(=O)c2sccc2N)CCCC1. The van der Waals surface area contributed by atoms with Gasteiger partial charge in [-0.1, -0.05) is 19.8 Å². The number of nitrogens with two attached hydrogens (primary N) is 1. The minimum atomic E-state index is -0.0272. The van der Waals surface area contributed by atoms with Crippen molar-refractivity contribution >= 4 is 22.9 Å². The van der Waals surface area contributed by atoms with Crippen LogP contribution in [0.2, 0.25) is 0 Å². The summed E-state index contributed by atoms with van der Waals surface area (Å²) in [6.45, 7) is 3.02. The van der Waals surface area contributed by atoms with Gasteiger partial charge in [-0.25, -0.2) is 0 Å². The number of thiophene rings is 1. The number of carbonyl (C=O) groups is 1. The first-order valence-electron chi connectivity index (χ1n) is 5.72. The lowest BCUT2D eigenvalue weighted by Gasteiger charge is -2.23. The molecule has 3 N–H and O–H groups in total. The van der Waals surface area contributed by atoms with Gasteiger partial charge in [-0.15, -0.1) is 11.3 Å². The van der Waals surface area contributed by atoms with Crippen LogP contribution in [-0.2, 0) is 0 Å². The van der Waals surface area contributed by atoms with E-state index in [1.807, 2.05) is 5.38 Å². The van der Waals surface area contributed by atoms with Gasteiger partial charge in [0.1, 0.15) is 4.88 Å². The van der Waals surface area contributed by atoms with E-state index in [4.69, 9.17) is 5.73 Å². The van der Waals surface area contributed by atoms with Crippen LogP contribution < -0.4 is 11.1 Å². The molecule has 88 valence electrons. The largest absolute Gasteiger partial charge is 0.397 e. The summed E-state index contributed by atoms with van der Waals surface area (Å²) < 4.78 is 0. The topological polar surface area (TPSA) is 55.1 Å². The van der Waals surface area contributed by atoms with E-state index in [1.54, 1.807) is 6.07 Å². The number of nitrogens with one attached hydrogen (secondary N) is 1. The monoisotopic (exact) mass is 238 g/mol. The fourth-order valence-corrected chi connectivity index (χ4v) is 3.02. The maximum atomic E-state index is 11.8. The highest BCUT2D eigenvalue weighted by Gasteiger charge is 2.29. The zero-order valence-electron chi connectivity index (χ0n) is 9.58. The van der Waals surface area contributed by atoms with Gasteiger partial charge in [0.05, 0.1) is 5.69 Å². The average molecular weight is 238 g/mol. The molecule has 0 saturated heterocycles. The Hall–Kier alpha value is -1.03. The second kappa shape index (κ2) is 4.45. The van der Waals surface area contributed by atoms with E-state index in [0.717, 1.165) is 6.54 Å². The molecular weight excluding hydrogens is 220 g/mol. The number of anilines is 1. The summed E-state index contributed by atoms with van der Waals surface area (Å²) in [7, 11) is 0. The molecule has 1 heterocycles. The lowest BCUT2D eigenvalue weighted by atomic mass is 9.89. The molecule has 0 bridgehead atoms. The first-order chi connectivity index (χ1) is 7.61. The molecule has 3 nitrogen and oxygen atoms in total. The van der Waals surface area contributed by atoms with Gasteiger partial charge in [0.15, 0.2) is 0 Å². The molecule has 1 fully saturated rings. The fraction of sp³-hybridized carbons (Fsp3) is 0.583. The molecule has 0 spiro atoms. The van der Waals surface area contributed by atoms with E-state index in [9.17, 15) is 4.79 Å². The molecular formula is C12H18N2OS. The average Bonchev–Trinajstić information content (AvgIpc) is 2.85. The van der Waals surface area contributed by atoms with Crippen LogP contribution in [0.15, 0.2) is 11.4 Å². The van der Waals surface area contributed by atoms with Crippen LogP contribution >= 0.6 is 11.3 Å². The third-order valence-corrected chi connectivity index (χ3v) is 4.32. The van der Waals surface area contributed by atoms with Crippen LogP contribution in [0, 0.1) is 5.41 Å². The summed E-state index contributed by atoms with van der Waals surface area (Å²) >= 11 is 1.40. The summed E-state index contributed by atoms with van der Waals surface area (Å²) in [4.78, 5) is 12.5. The van der Waals surface area contributed by atoms with E-state index < -0.39 is 0 Å². The van der Waals surface area contributed by atoms with E-state index in [-0.39, 0.29) is 5.91 Å². The van der Waals surface area contributed by atoms with Crippen molar-refractivity contribution in [2.45, 2.75) is 32.6 Å². The molecule has 0 unspecified atom stereocenters. The number of rotatable bonds is 3. The Bertz CT molecular complexity index is 380. The van der Waals surface area contributed by atoms with Gasteiger partial charge in [0.2, 0.25) is 0 Å². The predicted molar refractivity (Wildman–Crippen MR) is 67.6 cm³/mol. The van der Waals surface area contributed by atoms with Crippen molar-refractivity contribution in [1.82, 2.24) is 5.32 Å². The number of carbonyl (C=O) groups excluding carboxylic acids is 1. The van der Waals surface area contributed by atoms with Gasteiger partial charge in [-0.2, -0.15) is 0 Å². The lowest BCUT2D eigenvalue weighted by molar-refractivity contribution is 0.0939. The first-order valence-corrected chi connectivity index (χ1v) is 6.60. The van der Waals surface area contributed by atoms with E-state index in [0.29, 0.717) is 16.0 Å². The van der Waals surface area contributed by atoms with Crippen molar-refractivity contribution in [2.75, 3.05) is 12.3 Å². The zero-order chi connectivity index (χ0) is 11.6. The van der Waals surface area contributed by atoms with Crippen molar-refractivity contribution in [1.29, 1.82) is 0 Å². The zero-order valence-corrected chi connectivity index (χ0v) is 10.4. The van der Waals surface area contributed by atoms with Crippen LogP contribution in [0.5, 0.6) is 0 Å². The molecule has 0 atom stereocenters. The summed E-state index contributed by atoms with van der Waals surface area (Å²) in [5.74, 6) is -0.0272. The maximum absolute atomic E-state index is 11.8. The Balaban J connectivity index is 1.91. The summed E-state index contributed by atoms with van der Waals surface area (Å²) in [6, 6.07) is 1.77. The highest BCUT2D eigenvalue weighted by Crippen LogP contribution is 2.36. The lowest BCUT2D eigenvalue weighted by Crippen LogP contribution is -2.33. The van der Waals surface area contributed by atoms with Gasteiger partial charge in [0.25, 0.3) is 5.91 Å². The van der Waals surface area contributed by atoms with Crippen LogP contribution in [0.25, 0.3) is 0 Å². The van der Waals surface area contributed by atoms with Crippen molar-refractivity contribution in [3.63, 3.8) is 0 Å². The Kier molecular flexibility index (Phi) is 3.19. The van der Waals surface area contributed by atoms with Crippen LogP contribution in [0.4, 0.5) is 5.69 Å². The molecule has 4 heteroatoms. The Labute approximate surface area is 100 Å². The standard InChI is InChI=1S/C12H18N2OS/c1-12(5-2-3-6-12)8-14-11(15)10-9(13)4-7-16-10/h4,7H,2-3,5-6,8,13H2,1H3,(H,14,15). The molecule has 1 aromatic heterocycles. The Morgan fingerprint density at radius 3 is 2.81 bits per heavy atom. The molecule has 0 aromatic carbocycles. The fourth-order valence-electron chi connectivity index (χ4n) is 2.28. The number of hydrogen-bond donors (Lipinski definition) is 2. The molecule has 0 radical (unpaired) electrons. The molecule has 0 aliphatic heterocycles. The summed E-state index contributed by atoms with van der Waals surface area (Å²) in [5, 5.41) is 4.85. The molecule has 2 rings (SSSR count). The minimum absolute atomic E-state index is 0.0272. The third-order valence-electron chi connectivity index (χ3n) is 3.39. The molecule has 1 amide bonds. The van der Waals surface area contributed by atoms with Crippen molar-refractivity contribution in [2.24, 2.45) is 5.41 Å². The molecule has 1 saturated carbocycles. The molecule has 1 aliphatic carbocycles. The molecule has 1 aromatic rings. The quantitative estimate of drug-likeness (QED) is 0.850. The maximum Gasteiger partial charge on any atom is 0.263 e. The molecule has 1 aliphatic rings. The van der Waals surface area contributed by atoms with E-state index in [1.165, 1.54) is 37.0 Å². The highest BCUT2D eigenvalue weighted by atomic mass is 32.1. The van der Waals surface area contributed by atoms with Crippen molar-refractivity contribution in [3.05, 3.63) is 16.3 Å². The second-order valence-corrected chi connectivity index (χ2v) is 5.82. The summed E-state index contributed by atoms with van der Waals surface area (Å²) in [6.07, 6.45) is 5.00. The van der Waals surface area contributed by atoms with Gasteiger partial charge in [-0.05, 0) is 29.7 Å². The van der Waals surface area contributed by atoms with Gasteiger partial charge in [-0.3, -0.25) is 4.79 Å². The highest BCUT2D eigenvalue weighted by molar-refractivity contribution is 7.12. The predicted octanol–water partition coefficient (Wildman–Crippen LogP) is 2.64. The molecule has 16 heavy (non-hydrogen) atoms. The van der Waals surface area contributed by atoms with Gasteiger partial charge < -0.3 is 11.1 Å². The normalized spacial score (nSPS) is 18.6. The second-order valence-electron chi connectivity index (χ2n) is 4.91. The van der Waals surface area contributed by atoms with Crippen LogP contribution in [0.3, 0.4) is 0 Å². The van der Waals surface area contributed by atoms with Crippen LogP contribution in [0.1, 0.15) is 42.3 Å². The number of nitrogen functional groups attached to an aromatic ring is 1. The Morgan fingerprint density at radius 2 is 2.25 bits per heavy atom. The summed E-state index contributed by atoms with van der Waals surface area (Å²) in [5.41, 5.74) is 6.58. The third kappa shape index (κ3) is 2.38. The van der Waals surface area contributed by atoms with Gasteiger partial charge >= 0.3 is 0 Å². The van der Waals surface area contributed by atoms with E-state index >= 15 is 0 Å². The van der Waals surface area contributed by atoms with Crippen LogP contribution in [-0.4, -0.2) is 12.5 Å². The first kappa shape index (κ1) is 11.5. The minimum Gasteiger partial charge on any atom is -0.397 e. The number of hydrogen-bond acceptors (Lipinski definition) is 3. The Morgan fingerprint density at radius 1 is 1.56 bits per heavy atom. The number of amides is 1. The van der Waals surface area contributed by atoms with Gasteiger partial charge in [0, 0.05) is 6.54 Å².